The van der Waals surface area contributed by atoms with Crippen LogP contribution in [0, 0.1) is 6.92 Å². The number of fused-ring (bicyclic) bond motifs is 1. The van der Waals surface area contributed by atoms with Crippen LogP contribution in [-0.2, 0) is 12.8 Å². The number of hydrogen-bond donors (Lipinski definition) is 1. The van der Waals surface area contributed by atoms with Crippen LogP contribution in [0.5, 0.6) is 11.6 Å². The zero-order valence-corrected chi connectivity index (χ0v) is 14.4. The Kier molecular flexibility index (Phi) is 4.08. The van der Waals surface area contributed by atoms with Crippen molar-refractivity contribution in [1.82, 2.24) is 15.0 Å². The summed E-state index contributed by atoms with van der Waals surface area (Å²) in [6.07, 6.45) is 4.51. The van der Waals surface area contributed by atoms with Crippen molar-refractivity contribution in [1.29, 1.82) is 0 Å². The minimum atomic E-state index is -0.489. The highest BCUT2D eigenvalue weighted by molar-refractivity contribution is 5.93. The third-order valence-corrected chi connectivity index (χ3v) is 4.47. The van der Waals surface area contributed by atoms with Crippen molar-refractivity contribution in [3.63, 3.8) is 0 Å². The smallest absolute Gasteiger partial charge is 0.248 e. The third-order valence-electron chi connectivity index (χ3n) is 4.47. The molecule has 2 N–H and O–H groups in total. The van der Waals surface area contributed by atoms with Crippen molar-refractivity contribution in [2.75, 3.05) is 0 Å². The molecule has 0 aliphatic heterocycles. The molecule has 6 heteroatoms. The minimum Gasteiger partial charge on any atom is -0.438 e. The van der Waals surface area contributed by atoms with Gasteiger partial charge in [0.1, 0.15) is 11.4 Å². The van der Waals surface area contributed by atoms with E-state index in [-0.39, 0.29) is 0 Å². The lowest BCUT2D eigenvalue weighted by Gasteiger charge is -2.13. The molecule has 26 heavy (non-hydrogen) atoms. The van der Waals surface area contributed by atoms with Gasteiger partial charge in [0.05, 0.1) is 5.69 Å². The number of carbonyl (C=O) groups excluding carboxylic acids is 1. The molecule has 0 saturated heterocycles. The lowest BCUT2D eigenvalue weighted by Crippen LogP contribution is -2.11. The van der Waals surface area contributed by atoms with Crippen LogP contribution < -0.4 is 10.5 Å². The van der Waals surface area contributed by atoms with Crippen LogP contribution in [-0.4, -0.2) is 20.9 Å². The van der Waals surface area contributed by atoms with Gasteiger partial charge in [-0.2, -0.15) is 4.98 Å². The summed E-state index contributed by atoms with van der Waals surface area (Å²) in [7, 11) is 0. The van der Waals surface area contributed by atoms with Crippen LogP contribution in [0.3, 0.4) is 0 Å². The molecule has 1 aromatic carbocycles. The number of hydrogen-bond acceptors (Lipinski definition) is 5. The molecule has 4 rings (SSSR count). The van der Waals surface area contributed by atoms with Crippen molar-refractivity contribution >= 4 is 5.91 Å². The highest BCUT2D eigenvalue weighted by Crippen LogP contribution is 2.34. The summed E-state index contributed by atoms with van der Waals surface area (Å²) in [5.74, 6) is 1.15. The zero-order chi connectivity index (χ0) is 18.1. The van der Waals surface area contributed by atoms with E-state index >= 15 is 0 Å². The predicted octanol–water partition coefficient (Wildman–Crippen LogP) is 3.23. The third kappa shape index (κ3) is 3.01. The lowest BCUT2D eigenvalue weighted by molar-refractivity contribution is 0.1000. The summed E-state index contributed by atoms with van der Waals surface area (Å²) in [4.78, 5) is 25.1. The van der Waals surface area contributed by atoms with E-state index in [1.807, 2.05) is 31.2 Å². The number of pyridine rings is 1. The molecule has 0 saturated carbocycles. The maximum Gasteiger partial charge on any atom is 0.248 e. The van der Waals surface area contributed by atoms with Gasteiger partial charge in [-0.1, -0.05) is 12.1 Å². The van der Waals surface area contributed by atoms with Gasteiger partial charge in [0.2, 0.25) is 11.8 Å². The van der Waals surface area contributed by atoms with E-state index in [9.17, 15) is 4.79 Å². The van der Waals surface area contributed by atoms with E-state index in [4.69, 9.17) is 10.5 Å². The van der Waals surface area contributed by atoms with Gasteiger partial charge in [-0.15, -0.1) is 0 Å². The van der Waals surface area contributed by atoms with E-state index in [0.29, 0.717) is 28.7 Å². The number of nitrogens with two attached hydrogens (primary N) is 1. The highest BCUT2D eigenvalue weighted by atomic mass is 16.5. The SMILES string of the molecule is Cc1ccc(C(N)=O)cc1Oc1nc(-c2ccccn2)nc2c1CCC2. The molecule has 2 heterocycles. The Labute approximate surface area is 151 Å². The van der Waals surface area contributed by atoms with Gasteiger partial charge >= 0.3 is 0 Å². The fraction of sp³-hybridized carbons (Fsp3) is 0.200. The average Bonchev–Trinajstić information content (AvgIpc) is 3.13. The minimum absolute atomic E-state index is 0.404. The van der Waals surface area contributed by atoms with E-state index < -0.39 is 5.91 Å². The van der Waals surface area contributed by atoms with Crippen LogP contribution in [0.25, 0.3) is 11.5 Å². The van der Waals surface area contributed by atoms with Crippen LogP contribution >= 0.6 is 0 Å². The second-order valence-corrected chi connectivity index (χ2v) is 6.29. The van der Waals surface area contributed by atoms with Crippen molar-refractivity contribution in [3.05, 3.63) is 65.0 Å². The average molecular weight is 346 g/mol. The number of ether oxygens (including phenoxy) is 1. The van der Waals surface area contributed by atoms with E-state index in [2.05, 4.69) is 15.0 Å². The summed E-state index contributed by atoms with van der Waals surface area (Å²) in [6, 6.07) is 10.8. The second-order valence-electron chi connectivity index (χ2n) is 6.29. The number of rotatable bonds is 4. The summed E-state index contributed by atoms with van der Waals surface area (Å²) in [6.45, 7) is 1.92. The Bertz CT molecular complexity index is 987. The van der Waals surface area contributed by atoms with Gasteiger partial charge in [0, 0.05) is 17.3 Å². The Morgan fingerprint density at radius 2 is 2.04 bits per heavy atom. The number of aromatic nitrogens is 3. The largest absolute Gasteiger partial charge is 0.438 e. The van der Waals surface area contributed by atoms with Crippen molar-refractivity contribution in [2.24, 2.45) is 5.73 Å². The standard InChI is InChI=1S/C20H18N4O2/c1-12-8-9-13(18(21)25)11-17(12)26-20-14-5-4-7-15(14)23-19(24-20)16-6-2-3-10-22-16/h2-3,6,8-11H,4-5,7H2,1H3,(H2,21,25). The highest BCUT2D eigenvalue weighted by Gasteiger charge is 2.22. The summed E-state index contributed by atoms with van der Waals surface area (Å²) < 4.78 is 6.12. The molecule has 1 amide bonds. The molecule has 0 bridgehead atoms. The Balaban J connectivity index is 1.78. The van der Waals surface area contributed by atoms with Crippen LogP contribution in [0.4, 0.5) is 0 Å². The number of aryl methyl sites for hydroxylation is 2. The Morgan fingerprint density at radius 3 is 2.81 bits per heavy atom. The fourth-order valence-corrected chi connectivity index (χ4v) is 3.06. The van der Waals surface area contributed by atoms with Crippen LogP contribution in [0.2, 0.25) is 0 Å². The Morgan fingerprint density at radius 1 is 1.15 bits per heavy atom. The molecular formula is C20H18N4O2. The number of nitrogens with zero attached hydrogens (tertiary/aromatic N) is 3. The monoisotopic (exact) mass is 346 g/mol. The zero-order valence-electron chi connectivity index (χ0n) is 14.4. The number of primary amides is 1. The van der Waals surface area contributed by atoms with E-state index in [1.54, 1.807) is 18.3 Å². The first-order valence-corrected chi connectivity index (χ1v) is 8.51. The summed E-state index contributed by atoms with van der Waals surface area (Å²) in [5, 5.41) is 0. The Hall–Kier alpha value is -3.28. The molecule has 2 aromatic heterocycles. The topological polar surface area (TPSA) is 91.0 Å². The van der Waals surface area contributed by atoms with E-state index in [0.717, 1.165) is 36.1 Å². The van der Waals surface area contributed by atoms with Gasteiger partial charge in [-0.05, 0) is 56.0 Å². The molecular weight excluding hydrogens is 328 g/mol. The van der Waals surface area contributed by atoms with Gasteiger partial charge in [0.15, 0.2) is 5.82 Å². The fourth-order valence-electron chi connectivity index (χ4n) is 3.06. The van der Waals surface area contributed by atoms with Crippen LogP contribution in [0.15, 0.2) is 42.6 Å². The predicted molar refractivity (Wildman–Crippen MR) is 97.1 cm³/mol. The first kappa shape index (κ1) is 16.2. The quantitative estimate of drug-likeness (QED) is 0.783. The van der Waals surface area contributed by atoms with Crippen molar-refractivity contribution < 1.29 is 9.53 Å². The molecule has 0 fully saturated rings. The summed E-state index contributed by atoms with van der Waals surface area (Å²) >= 11 is 0. The van der Waals surface area contributed by atoms with Gasteiger partial charge in [0.25, 0.3) is 0 Å². The van der Waals surface area contributed by atoms with Gasteiger partial charge in [-0.25, -0.2) is 4.98 Å². The number of benzene rings is 1. The first-order chi connectivity index (χ1) is 12.6. The van der Waals surface area contributed by atoms with Crippen molar-refractivity contribution in [2.45, 2.75) is 26.2 Å². The molecule has 1 aliphatic carbocycles. The number of amides is 1. The molecule has 1 aliphatic rings. The van der Waals surface area contributed by atoms with Gasteiger partial charge < -0.3 is 10.5 Å². The normalized spacial score (nSPS) is 12.7. The maximum absolute atomic E-state index is 11.5. The maximum atomic E-state index is 11.5. The summed E-state index contributed by atoms with van der Waals surface area (Å²) in [5.41, 5.74) is 9.42. The van der Waals surface area contributed by atoms with Gasteiger partial charge in [-0.3, -0.25) is 9.78 Å². The molecule has 0 radical (unpaired) electrons. The molecule has 3 aromatic rings. The lowest BCUT2D eigenvalue weighted by atomic mass is 10.1. The van der Waals surface area contributed by atoms with E-state index in [1.165, 1.54) is 0 Å². The second kappa shape index (κ2) is 6.55. The van der Waals surface area contributed by atoms with Crippen molar-refractivity contribution in [3.8, 4) is 23.1 Å². The van der Waals surface area contributed by atoms with Crippen LogP contribution in [0.1, 0.15) is 33.6 Å². The number of carbonyl (C=O) groups is 1. The first-order valence-electron chi connectivity index (χ1n) is 8.51. The molecule has 0 atom stereocenters. The molecule has 130 valence electrons. The molecule has 0 unspecified atom stereocenters. The molecule has 0 spiro atoms. The molecule has 6 nitrogen and oxygen atoms in total.